The number of aromatic carboxylic acids is 1. The van der Waals surface area contributed by atoms with Crippen molar-refractivity contribution in [1.82, 2.24) is 0 Å². The lowest BCUT2D eigenvalue weighted by Gasteiger charge is -2.30. The third-order valence-electron chi connectivity index (χ3n) is 2.87. The van der Waals surface area contributed by atoms with Gasteiger partial charge in [0, 0.05) is 19.2 Å². The van der Waals surface area contributed by atoms with Crippen LogP contribution >= 0.6 is 0 Å². The van der Waals surface area contributed by atoms with Crippen molar-refractivity contribution in [2.24, 2.45) is 0 Å². The molecule has 0 spiro atoms. The highest BCUT2D eigenvalue weighted by molar-refractivity contribution is 5.94. The maximum absolute atomic E-state index is 11.3. The standard InChI is InChI=1S/C14H21NO3/c1-10(2)15(7-4-8-16)13-6-5-11(3)9-12(13)14(17)18/h5-6,9-10,16H,4,7-8H2,1-3H3,(H,17,18). The molecule has 0 aromatic heterocycles. The second-order valence-electron chi connectivity index (χ2n) is 4.69. The van der Waals surface area contributed by atoms with Crippen LogP contribution in [-0.2, 0) is 0 Å². The zero-order valence-corrected chi connectivity index (χ0v) is 11.2. The highest BCUT2D eigenvalue weighted by Crippen LogP contribution is 2.24. The molecule has 1 aromatic rings. The van der Waals surface area contributed by atoms with Gasteiger partial charge in [-0.3, -0.25) is 0 Å². The summed E-state index contributed by atoms with van der Waals surface area (Å²) in [6.07, 6.45) is 0.630. The summed E-state index contributed by atoms with van der Waals surface area (Å²) in [7, 11) is 0. The molecule has 1 aromatic carbocycles. The molecule has 0 atom stereocenters. The first kappa shape index (κ1) is 14.5. The Balaban J connectivity index is 3.14. The molecule has 0 unspecified atom stereocenters. The fourth-order valence-corrected chi connectivity index (χ4v) is 1.97. The molecule has 0 aliphatic heterocycles. The van der Waals surface area contributed by atoms with E-state index in [4.69, 9.17) is 5.11 Å². The molecular formula is C14H21NO3. The Bertz CT molecular complexity index is 416. The monoisotopic (exact) mass is 251 g/mol. The smallest absolute Gasteiger partial charge is 0.337 e. The number of carboxylic acid groups (broad SMARTS) is 1. The zero-order valence-electron chi connectivity index (χ0n) is 11.2. The molecule has 0 radical (unpaired) electrons. The number of carboxylic acids is 1. The topological polar surface area (TPSA) is 60.8 Å². The summed E-state index contributed by atoms with van der Waals surface area (Å²) in [6.45, 7) is 6.67. The molecule has 18 heavy (non-hydrogen) atoms. The zero-order chi connectivity index (χ0) is 13.7. The summed E-state index contributed by atoms with van der Waals surface area (Å²) in [6, 6.07) is 5.63. The Hall–Kier alpha value is -1.55. The van der Waals surface area contributed by atoms with Gasteiger partial charge in [0.1, 0.15) is 0 Å². The molecule has 0 fully saturated rings. The first-order valence-corrected chi connectivity index (χ1v) is 6.18. The fraction of sp³-hybridized carbons (Fsp3) is 0.500. The van der Waals surface area contributed by atoms with Crippen molar-refractivity contribution < 1.29 is 15.0 Å². The number of benzene rings is 1. The lowest BCUT2D eigenvalue weighted by Crippen LogP contribution is -2.33. The molecule has 1 rings (SSSR count). The maximum atomic E-state index is 11.3. The van der Waals surface area contributed by atoms with Gasteiger partial charge in [-0.1, -0.05) is 11.6 Å². The highest BCUT2D eigenvalue weighted by Gasteiger charge is 2.18. The highest BCUT2D eigenvalue weighted by atomic mass is 16.4. The number of nitrogens with zero attached hydrogens (tertiary/aromatic N) is 1. The van der Waals surface area contributed by atoms with E-state index < -0.39 is 5.97 Å². The van der Waals surface area contributed by atoms with Gasteiger partial charge < -0.3 is 15.1 Å². The van der Waals surface area contributed by atoms with E-state index in [0.29, 0.717) is 18.5 Å². The normalized spacial score (nSPS) is 10.7. The van der Waals surface area contributed by atoms with Crippen molar-refractivity contribution in [2.45, 2.75) is 33.2 Å². The lowest BCUT2D eigenvalue weighted by molar-refractivity contribution is 0.0697. The van der Waals surface area contributed by atoms with Crippen LogP contribution in [0.15, 0.2) is 18.2 Å². The van der Waals surface area contributed by atoms with Crippen molar-refractivity contribution in [3.8, 4) is 0 Å². The number of aliphatic hydroxyl groups excluding tert-OH is 1. The SMILES string of the molecule is Cc1ccc(N(CCCO)C(C)C)c(C(=O)O)c1. The molecule has 0 aliphatic carbocycles. The van der Waals surface area contributed by atoms with E-state index in [0.717, 1.165) is 11.3 Å². The number of hydrogen-bond donors (Lipinski definition) is 2. The van der Waals surface area contributed by atoms with E-state index >= 15 is 0 Å². The van der Waals surface area contributed by atoms with Gasteiger partial charge in [-0.15, -0.1) is 0 Å². The Morgan fingerprint density at radius 2 is 2.06 bits per heavy atom. The minimum Gasteiger partial charge on any atom is -0.478 e. The summed E-state index contributed by atoms with van der Waals surface area (Å²) in [4.78, 5) is 13.3. The number of aliphatic hydroxyl groups is 1. The van der Waals surface area contributed by atoms with Gasteiger partial charge in [-0.25, -0.2) is 4.79 Å². The van der Waals surface area contributed by atoms with Crippen LogP contribution in [-0.4, -0.2) is 35.4 Å². The molecule has 0 saturated heterocycles. The second-order valence-corrected chi connectivity index (χ2v) is 4.69. The fourth-order valence-electron chi connectivity index (χ4n) is 1.97. The van der Waals surface area contributed by atoms with Gasteiger partial charge in [0.05, 0.1) is 11.3 Å². The molecular weight excluding hydrogens is 230 g/mol. The van der Waals surface area contributed by atoms with Crippen LogP contribution in [0.25, 0.3) is 0 Å². The quantitative estimate of drug-likeness (QED) is 0.814. The van der Waals surface area contributed by atoms with E-state index in [9.17, 15) is 9.90 Å². The largest absolute Gasteiger partial charge is 0.478 e. The van der Waals surface area contributed by atoms with E-state index in [1.165, 1.54) is 0 Å². The molecule has 0 amide bonds. The van der Waals surface area contributed by atoms with Crippen molar-refractivity contribution >= 4 is 11.7 Å². The van der Waals surface area contributed by atoms with Crippen molar-refractivity contribution in [3.05, 3.63) is 29.3 Å². The number of rotatable bonds is 6. The summed E-state index contributed by atoms with van der Waals surface area (Å²) in [5, 5.41) is 18.2. The van der Waals surface area contributed by atoms with E-state index in [-0.39, 0.29) is 12.6 Å². The first-order valence-electron chi connectivity index (χ1n) is 6.18. The van der Waals surface area contributed by atoms with Gasteiger partial charge in [-0.05, 0) is 39.3 Å². The Kier molecular flexibility index (Phi) is 5.16. The summed E-state index contributed by atoms with van der Waals surface area (Å²) < 4.78 is 0. The number of anilines is 1. The molecule has 0 heterocycles. The third-order valence-corrected chi connectivity index (χ3v) is 2.87. The van der Waals surface area contributed by atoms with Crippen LogP contribution in [0.4, 0.5) is 5.69 Å². The average Bonchev–Trinajstić information content (AvgIpc) is 2.30. The van der Waals surface area contributed by atoms with Gasteiger partial charge >= 0.3 is 5.97 Å². The van der Waals surface area contributed by atoms with E-state index in [1.54, 1.807) is 6.07 Å². The molecule has 100 valence electrons. The molecule has 4 heteroatoms. The number of hydrogen-bond acceptors (Lipinski definition) is 3. The Morgan fingerprint density at radius 3 is 2.56 bits per heavy atom. The minimum absolute atomic E-state index is 0.109. The van der Waals surface area contributed by atoms with Crippen LogP contribution in [0.2, 0.25) is 0 Å². The van der Waals surface area contributed by atoms with Crippen LogP contribution in [0, 0.1) is 6.92 Å². The minimum atomic E-state index is -0.914. The molecule has 0 aliphatic rings. The lowest BCUT2D eigenvalue weighted by atomic mass is 10.1. The average molecular weight is 251 g/mol. The predicted octanol–water partition coefficient (Wildman–Crippen LogP) is 2.29. The van der Waals surface area contributed by atoms with Gasteiger partial charge in [0.15, 0.2) is 0 Å². The third kappa shape index (κ3) is 3.47. The molecule has 0 saturated carbocycles. The summed E-state index contributed by atoms with van der Waals surface area (Å²) in [5.74, 6) is -0.914. The van der Waals surface area contributed by atoms with Crippen LogP contribution in [0.3, 0.4) is 0 Å². The van der Waals surface area contributed by atoms with Crippen LogP contribution in [0.5, 0.6) is 0 Å². The Labute approximate surface area is 108 Å². The summed E-state index contributed by atoms with van der Waals surface area (Å²) in [5.41, 5.74) is 1.97. The van der Waals surface area contributed by atoms with Gasteiger partial charge in [0.2, 0.25) is 0 Å². The first-order chi connectivity index (χ1) is 8.47. The molecule has 0 bridgehead atoms. The maximum Gasteiger partial charge on any atom is 0.337 e. The van der Waals surface area contributed by atoms with Crippen molar-refractivity contribution in [1.29, 1.82) is 0 Å². The second kappa shape index (κ2) is 6.40. The van der Waals surface area contributed by atoms with Crippen molar-refractivity contribution in [2.75, 3.05) is 18.1 Å². The molecule has 4 nitrogen and oxygen atoms in total. The van der Waals surface area contributed by atoms with Crippen LogP contribution in [0.1, 0.15) is 36.2 Å². The van der Waals surface area contributed by atoms with Crippen LogP contribution < -0.4 is 4.90 Å². The van der Waals surface area contributed by atoms with Gasteiger partial charge in [-0.2, -0.15) is 0 Å². The molecule has 2 N–H and O–H groups in total. The summed E-state index contributed by atoms with van der Waals surface area (Å²) >= 11 is 0. The number of aryl methyl sites for hydroxylation is 1. The number of carbonyl (C=O) groups is 1. The van der Waals surface area contributed by atoms with Gasteiger partial charge in [0.25, 0.3) is 0 Å². The van der Waals surface area contributed by atoms with E-state index in [2.05, 4.69) is 0 Å². The Morgan fingerprint density at radius 1 is 1.39 bits per heavy atom. The van der Waals surface area contributed by atoms with Crippen molar-refractivity contribution in [3.63, 3.8) is 0 Å². The predicted molar refractivity (Wildman–Crippen MR) is 72.3 cm³/mol. The van der Waals surface area contributed by atoms with E-state index in [1.807, 2.05) is 37.8 Å².